The van der Waals surface area contributed by atoms with E-state index in [2.05, 4.69) is 16.0 Å². The molecule has 0 bridgehead atoms. The minimum absolute atomic E-state index is 0.0919. The van der Waals surface area contributed by atoms with Gasteiger partial charge in [-0.05, 0) is 42.7 Å². The fourth-order valence-corrected chi connectivity index (χ4v) is 2.58. The molecule has 0 aromatic heterocycles. The van der Waals surface area contributed by atoms with Crippen molar-refractivity contribution in [2.24, 2.45) is 5.92 Å². The van der Waals surface area contributed by atoms with E-state index >= 15 is 0 Å². The van der Waals surface area contributed by atoms with Gasteiger partial charge in [-0.2, -0.15) is 0 Å². The third-order valence-corrected chi connectivity index (χ3v) is 3.96. The van der Waals surface area contributed by atoms with E-state index in [4.69, 9.17) is 11.6 Å². The van der Waals surface area contributed by atoms with Crippen molar-refractivity contribution in [2.75, 3.05) is 10.6 Å². The largest absolute Gasteiger partial charge is 0.326 e. The minimum Gasteiger partial charge on any atom is -0.326 e. The van der Waals surface area contributed by atoms with Gasteiger partial charge in [0.15, 0.2) is 0 Å². The zero-order valence-electron chi connectivity index (χ0n) is 14.5. The van der Waals surface area contributed by atoms with Crippen molar-refractivity contribution >= 4 is 34.9 Å². The topological polar surface area (TPSA) is 70.2 Å². The van der Waals surface area contributed by atoms with Crippen LogP contribution in [0.3, 0.4) is 0 Å². The van der Waals surface area contributed by atoms with E-state index in [1.165, 1.54) is 0 Å². The molecule has 0 saturated heterocycles. The second-order valence-corrected chi connectivity index (χ2v) is 6.57. The zero-order valence-corrected chi connectivity index (χ0v) is 15.2. The van der Waals surface area contributed by atoms with Gasteiger partial charge in [0.2, 0.25) is 5.91 Å². The fraction of sp³-hybridized carbons (Fsp3) is 0.263. The molecule has 0 radical (unpaired) electrons. The van der Waals surface area contributed by atoms with E-state index in [0.717, 1.165) is 5.56 Å². The van der Waals surface area contributed by atoms with Gasteiger partial charge in [-0.3, -0.25) is 4.79 Å². The Bertz CT molecular complexity index is 748. The van der Waals surface area contributed by atoms with Crippen LogP contribution in [0, 0.1) is 12.8 Å². The molecular formula is C19H22ClN3O2. The molecule has 3 N–H and O–H groups in total. The Morgan fingerprint density at radius 3 is 2.28 bits per heavy atom. The third-order valence-electron chi connectivity index (χ3n) is 3.65. The number of carbonyl (C=O) groups excluding carboxylic acids is 2. The van der Waals surface area contributed by atoms with Crippen LogP contribution < -0.4 is 16.0 Å². The Balaban J connectivity index is 2.03. The van der Waals surface area contributed by atoms with Gasteiger partial charge in [0.1, 0.15) is 6.04 Å². The summed E-state index contributed by atoms with van der Waals surface area (Å²) in [6.45, 7) is 5.65. The van der Waals surface area contributed by atoms with Crippen LogP contribution in [-0.4, -0.2) is 18.0 Å². The number of aryl methyl sites for hydroxylation is 1. The summed E-state index contributed by atoms with van der Waals surface area (Å²) >= 11 is 6.16. The Morgan fingerprint density at radius 2 is 1.68 bits per heavy atom. The van der Waals surface area contributed by atoms with Crippen molar-refractivity contribution in [3.63, 3.8) is 0 Å². The van der Waals surface area contributed by atoms with Crippen molar-refractivity contribution in [3.8, 4) is 0 Å². The van der Waals surface area contributed by atoms with Crippen molar-refractivity contribution in [3.05, 3.63) is 59.1 Å². The number of carbonyl (C=O) groups is 2. The maximum atomic E-state index is 12.6. The quantitative estimate of drug-likeness (QED) is 0.738. The molecule has 3 amide bonds. The number of urea groups is 1. The van der Waals surface area contributed by atoms with Gasteiger partial charge in [-0.15, -0.1) is 0 Å². The normalized spacial score (nSPS) is 11.7. The monoisotopic (exact) mass is 359 g/mol. The lowest BCUT2D eigenvalue weighted by Crippen LogP contribution is -2.48. The molecule has 0 heterocycles. The van der Waals surface area contributed by atoms with Crippen LogP contribution in [0.4, 0.5) is 16.2 Å². The average molecular weight is 360 g/mol. The molecule has 0 spiro atoms. The highest BCUT2D eigenvalue weighted by atomic mass is 35.5. The van der Waals surface area contributed by atoms with Crippen molar-refractivity contribution < 1.29 is 9.59 Å². The van der Waals surface area contributed by atoms with Gasteiger partial charge >= 0.3 is 6.03 Å². The lowest BCUT2D eigenvalue weighted by molar-refractivity contribution is -0.118. The summed E-state index contributed by atoms with van der Waals surface area (Å²) in [6.07, 6.45) is 0. The molecule has 0 fully saturated rings. The van der Waals surface area contributed by atoms with Gasteiger partial charge in [0.25, 0.3) is 0 Å². The van der Waals surface area contributed by atoms with Gasteiger partial charge in [0.05, 0.1) is 10.7 Å². The highest BCUT2D eigenvalue weighted by Crippen LogP contribution is 2.23. The number of para-hydroxylation sites is 1. The molecule has 5 nitrogen and oxygen atoms in total. The first-order valence-corrected chi connectivity index (χ1v) is 8.44. The van der Waals surface area contributed by atoms with Crippen LogP contribution in [0.25, 0.3) is 0 Å². The van der Waals surface area contributed by atoms with Crippen LogP contribution in [0.5, 0.6) is 0 Å². The summed E-state index contributed by atoms with van der Waals surface area (Å²) in [4.78, 5) is 24.7. The Labute approximate surface area is 152 Å². The van der Waals surface area contributed by atoms with Gasteiger partial charge in [-0.1, -0.05) is 49.7 Å². The van der Waals surface area contributed by atoms with E-state index in [1.54, 1.807) is 24.3 Å². The molecule has 6 heteroatoms. The first-order valence-electron chi connectivity index (χ1n) is 8.06. The van der Waals surface area contributed by atoms with Crippen LogP contribution in [0.2, 0.25) is 5.02 Å². The van der Waals surface area contributed by atoms with E-state index in [0.29, 0.717) is 16.4 Å². The van der Waals surface area contributed by atoms with Crippen molar-refractivity contribution in [1.29, 1.82) is 0 Å². The molecule has 25 heavy (non-hydrogen) atoms. The summed E-state index contributed by atoms with van der Waals surface area (Å²) in [5.74, 6) is -0.408. The van der Waals surface area contributed by atoms with E-state index in [1.807, 2.05) is 45.0 Å². The molecule has 2 aromatic carbocycles. The van der Waals surface area contributed by atoms with Crippen LogP contribution in [0.15, 0.2) is 48.5 Å². The molecule has 132 valence electrons. The Kier molecular flexibility index (Phi) is 6.42. The summed E-state index contributed by atoms with van der Waals surface area (Å²) in [7, 11) is 0. The second-order valence-electron chi connectivity index (χ2n) is 6.16. The highest BCUT2D eigenvalue weighted by molar-refractivity contribution is 6.33. The SMILES string of the molecule is Cc1ccc(NC(=O)C(NC(=O)Nc2ccccc2)C(C)C)c(Cl)c1. The van der Waals surface area contributed by atoms with E-state index < -0.39 is 12.1 Å². The van der Waals surface area contributed by atoms with Gasteiger partial charge < -0.3 is 16.0 Å². The number of amides is 3. The van der Waals surface area contributed by atoms with E-state index in [9.17, 15) is 9.59 Å². The van der Waals surface area contributed by atoms with E-state index in [-0.39, 0.29) is 11.8 Å². The third kappa shape index (κ3) is 5.50. The minimum atomic E-state index is -0.693. The number of hydrogen-bond acceptors (Lipinski definition) is 2. The lowest BCUT2D eigenvalue weighted by Gasteiger charge is -2.22. The highest BCUT2D eigenvalue weighted by Gasteiger charge is 2.24. The summed E-state index contributed by atoms with van der Waals surface area (Å²) in [5, 5.41) is 8.66. The molecule has 2 aromatic rings. The molecule has 0 aliphatic carbocycles. The number of anilines is 2. The molecule has 0 aliphatic heterocycles. The second kappa shape index (κ2) is 8.53. The molecule has 1 unspecified atom stereocenters. The molecule has 0 saturated carbocycles. The maximum Gasteiger partial charge on any atom is 0.319 e. The first kappa shape index (κ1) is 18.8. The van der Waals surface area contributed by atoms with Crippen LogP contribution in [0.1, 0.15) is 19.4 Å². The summed E-state index contributed by atoms with van der Waals surface area (Å²) in [5.41, 5.74) is 2.18. The van der Waals surface area contributed by atoms with Crippen molar-refractivity contribution in [2.45, 2.75) is 26.8 Å². The first-order chi connectivity index (χ1) is 11.9. The Hall–Kier alpha value is -2.53. The number of benzene rings is 2. The molecule has 0 aliphatic rings. The van der Waals surface area contributed by atoms with Crippen LogP contribution >= 0.6 is 11.6 Å². The smallest absolute Gasteiger partial charge is 0.319 e. The zero-order chi connectivity index (χ0) is 18.4. The number of halogens is 1. The standard InChI is InChI=1S/C19H22ClN3O2/c1-12(2)17(23-19(25)21-14-7-5-4-6-8-14)18(24)22-16-10-9-13(3)11-15(16)20/h4-12,17H,1-3H3,(H,22,24)(H2,21,23,25). The van der Waals surface area contributed by atoms with Crippen LogP contribution in [-0.2, 0) is 4.79 Å². The Morgan fingerprint density at radius 1 is 1.00 bits per heavy atom. The predicted octanol–water partition coefficient (Wildman–Crippen LogP) is 4.43. The molecular weight excluding hydrogens is 338 g/mol. The molecule has 2 rings (SSSR count). The lowest BCUT2D eigenvalue weighted by atomic mass is 10.0. The number of rotatable bonds is 5. The fourth-order valence-electron chi connectivity index (χ4n) is 2.30. The average Bonchev–Trinajstić information content (AvgIpc) is 2.55. The van der Waals surface area contributed by atoms with Crippen molar-refractivity contribution in [1.82, 2.24) is 5.32 Å². The predicted molar refractivity (Wildman–Crippen MR) is 102 cm³/mol. The van der Waals surface area contributed by atoms with Gasteiger partial charge in [0, 0.05) is 5.69 Å². The molecule has 1 atom stereocenters. The number of nitrogens with one attached hydrogen (secondary N) is 3. The maximum absolute atomic E-state index is 12.6. The summed E-state index contributed by atoms with van der Waals surface area (Å²) < 4.78 is 0. The summed E-state index contributed by atoms with van der Waals surface area (Å²) in [6, 6.07) is 13.3. The number of hydrogen-bond donors (Lipinski definition) is 3. The van der Waals surface area contributed by atoms with Gasteiger partial charge in [-0.25, -0.2) is 4.79 Å².